The molecule has 2 aliphatic rings. The molecule has 0 spiro atoms. The van der Waals surface area contributed by atoms with E-state index in [9.17, 15) is 4.79 Å². The number of hydrogen-bond acceptors (Lipinski definition) is 6. The summed E-state index contributed by atoms with van der Waals surface area (Å²) in [7, 11) is 0. The van der Waals surface area contributed by atoms with Crippen molar-refractivity contribution in [1.82, 2.24) is 29.9 Å². The summed E-state index contributed by atoms with van der Waals surface area (Å²) in [6.07, 6.45) is 10.5. The zero-order valence-electron chi connectivity index (χ0n) is 20.6. The van der Waals surface area contributed by atoms with Crippen molar-refractivity contribution in [2.45, 2.75) is 37.6 Å². The van der Waals surface area contributed by atoms with Gasteiger partial charge in [-0.3, -0.25) is 9.78 Å². The number of fused-ring (bicyclic) bond motifs is 2. The molecule has 37 heavy (non-hydrogen) atoms. The van der Waals surface area contributed by atoms with Gasteiger partial charge >= 0.3 is 0 Å². The summed E-state index contributed by atoms with van der Waals surface area (Å²) >= 11 is 0. The van der Waals surface area contributed by atoms with Crippen LogP contribution in [0.1, 0.15) is 43.0 Å². The van der Waals surface area contributed by atoms with E-state index in [0.29, 0.717) is 18.7 Å². The van der Waals surface area contributed by atoms with Gasteiger partial charge in [0.05, 0.1) is 29.6 Å². The topological polar surface area (TPSA) is 85.1 Å². The molecule has 7 nitrogen and oxygen atoms in total. The molecule has 0 saturated heterocycles. The van der Waals surface area contributed by atoms with Gasteiger partial charge in [-0.25, -0.2) is 9.97 Å². The monoisotopic (exact) mass is 486 g/mol. The van der Waals surface area contributed by atoms with E-state index in [1.165, 1.54) is 11.1 Å². The number of hydrogen-bond donors (Lipinski definition) is 1. The summed E-state index contributed by atoms with van der Waals surface area (Å²) in [5.41, 5.74) is 7.38. The van der Waals surface area contributed by atoms with Crippen molar-refractivity contribution in [1.29, 1.82) is 0 Å². The Morgan fingerprint density at radius 3 is 2.62 bits per heavy atom. The van der Waals surface area contributed by atoms with Gasteiger partial charge in [-0.05, 0) is 61.1 Å². The molecule has 0 amide bonds. The first-order valence-electron chi connectivity index (χ1n) is 12.7. The van der Waals surface area contributed by atoms with Crippen LogP contribution >= 0.6 is 0 Å². The maximum atomic E-state index is 11.8. The lowest BCUT2D eigenvalue weighted by Gasteiger charge is -2.22. The van der Waals surface area contributed by atoms with Gasteiger partial charge in [-0.2, -0.15) is 9.61 Å². The first-order valence-corrected chi connectivity index (χ1v) is 12.7. The van der Waals surface area contributed by atoms with Gasteiger partial charge in [0.25, 0.3) is 5.78 Å². The Bertz CT molecular complexity index is 1700. The van der Waals surface area contributed by atoms with Gasteiger partial charge < -0.3 is 5.32 Å². The summed E-state index contributed by atoms with van der Waals surface area (Å²) in [4.78, 5) is 25.5. The van der Waals surface area contributed by atoms with Crippen LogP contribution in [0.25, 0.3) is 33.5 Å². The fraction of sp³-hybridized carbons (Fsp3) is 0.233. The molecule has 0 radical (unpaired) electrons. The van der Waals surface area contributed by atoms with E-state index in [1.54, 1.807) is 13.1 Å². The first kappa shape index (κ1) is 22.0. The Labute approximate surface area is 214 Å². The van der Waals surface area contributed by atoms with Crippen molar-refractivity contribution in [3.8, 4) is 11.3 Å². The number of Topliss-reactive ketones (excluding diaryl/α,β-unsaturated/α-hetero) is 1. The molecule has 3 aromatic heterocycles. The highest BCUT2D eigenvalue weighted by Crippen LogP contribution is 2.53. The second kappa shape index (κ2) is 8.42. The summed E-state index contributed by atoms with van der Waals surface area (Å²) in [6.45, 7) is 2.36. The van der Waals surface area contributed by atoms with Gasteiger partial charge in [0.2, 0.25) is 0 Å². The number of pyridine rings is 1. The molecule has 1 saturated carbocycles. The Balaban J connectivity index is 1.22. The molecule has 182 valence electrons. The largest absolute Gasteiger partial charge is 0.304 e. The average molecular weight is 487 g/mol. The van der Waals surface area contributed by atoms with E-state index in [4.69, 9.17) is 5.10 Å². The molecule has 1 aliphatic carbocycles. The van der Waals surface area contributed by atoms with Crippen LogP contribution in [0.3, 0.4) is 0 Å². The minimum absolute atomic E-state index is 0.102. The number of carbonyl (C=O) groups is 1. The zero-order valence-corrected chi connectivity index (χ0v) is 20.6. The summed E-state index contributed by atoms with van der Waals surface area (Å²) in [6, 6.07) is 18.9. The van der Waals surface area contributed by atoms with Gasteiger partial charge in [0.1, 0.15) is 11.5 Å². The maximum absolute atomic E-state index is 11.8. The van der Waals surface area contributed by atoms with E-state index in [-0.39, 0.29) is 17.2 Å². The van der Waals surface area contributed by atoms with Crippen molar-refractivity contribution < 1.29 is 4.79 Å². The number of imidazole rings is 1. The molecule has 0 bridgehead atoms. The van der Waals surface area contributed by atoms with Crippen LogP contribution in [-0.4, -0.2) is 42.9 Å². The molecule has 2 aromatic carbocycles. The summed E-state index contributed by atoms with van der Waals surface area (Å²) < 4.78 is 1.91. The van der Waals surface area contributed by atoms with Crippen LogP contribution in [0, 0.1) is 0 Å². The molecular formula is C30H26N6O. The number of ketones is 1. The second-order valence-electron chi connectivity index (χ2n) is 10.1. The predicted octanol–water partition coefficient (Wildman–Crippen LogP) is 4.75. The lowest BCUT2D eigenvalue weighted by atomic mass is 9.91. The average Bonchev–Trinajstić information content (AvgIpc) is 3.65. The molecule has 1 atom stereocenters. The van der Waals surface area contributed by atoms with Crippen LogP contribution in [-0.2, 0) is 10.2 Å². The Hall–Kier alpha value is -4.23. The normalized spacial score (nSPS) is 18.6. The van der Waals surface area contributed by atoms with Crippen LogP contribution in [0.4, 0.5) is 0 Å². The molecule has 1 unspecified atom stereocenters. The maximum Gasteiger partial charge on any atom is 0.250 e. The number of carbonyl (C=O) groups excluding carboxylic acids is 1. The van der Waals surface area contributed by atoms with Crippen molar-refractivity contribution in [2.24, 2.45) is 0 Å². The second-order valence-corrected chi connectivity index (χ2v) is 10.1. The highest BCUT2D eigenvalue weighted by molar-refractivity contribution is 5.85. The third kappa shape index (κ3) is 3.74. The van der Waals surface area contributed by atoms with Crippen molar-refractivity contribution in [3.63, 3.8) is 0 Å². The molecule has 1 fully saturated rings. The fourth-order valence-corrected chi connectivity index (χ4v) is 5.50. The molecule has 1 aliphatic heterocycles. The smallest absolute Gasteiger partial charge is 0.250 e. The van der Waals surface area contributed by atoms with Gasteiger partial charge in [-0.15, -0.1) is 0 Å². The summed E-state index contributed by atoms with van der Waals surface area (Å²) in [5.74, 6) is 0.787. The lowest BCUT2D eigenvalue weighted by molar-refractivity contribution is -0.118. The van der Waals surface area contributed by atoms with Crippen LogP contribution in [0.15, 0.2) is 79.3 Å². The zero-order chi connectivity index (χ0) is 25.0. The Morgan fingerprint density at radius 1 is 1.00 bits per heavy atom. The standard InChI is InChI=1S/C30H26N6O/c1-19(37)26-16-22(10-14-32-26)20-4-6-21(7-5-20)27-17-33-29-34-18-28(36(29)35-27)30(11-12-30)24-8-9-25-23(15-24)3-2-13-31-25/h2-10,13,15,17-18,26,32H,11-12,14,16H2,1H3. The number of nitrogens with zero attached hydrogens (tertiary/aromatic N) is 5. The van der Waals surface area contributed by atoms with Crippen molar-refractivity contribution in [3.05, 3.63) is 96.1 Å². The first-order chi connectivity index (χ1) is 18.1. The minimum Gasteiger partial charge on any atom is -0.304 e. The molecule has 4 heterocycles. The Morgan fingerprint density at radius 2 is 1.81 bits per heavy atom. The molecule has 7 rings (SSSR count). The summed E-state index contributed by atoms with van der Waals surface area (Å²) in [5, 5.41) is 9.39. The minimum atomic E-state index is -0.110. The van der Waals surface area contributed by atoms with Gasteiger partial charge in [-0.1, -0.05) is 42.5 Å². The highest BCUT2D eigenvalue weighted by atomic mass is 16.1. The fourth-order valence-electron chi connectivity index (χ4n) is 5.50. The van der Waals surface area contributed by atoms with Crippen LogP contribution in [0.2, 0.25) is 0 Å². The van der Waals surface area contributed by atoms with E-state index in [1.807, 2.05) is 23.0 Å². The van der Waals surface area contributed by atoms with Crippen LogP contribution in [0.5, 0.6) is 0 Å². The molecular weight excluding hydrogens is 460 g/mol. The number of rotatable bonds is 5. The van der Waals surface area contributed by atoms with E-state index >= 15 is 0 Å². The quantitative estimate of drug-likeness (QED) is 0.386. The van der Waals surface area contributed by atoms with E-state index < -0.39 is 0 Å². The van der Waals surface area contributed by atoms with Crippen molar-refractivity contribution >= 4 is 28.0 Å². The number of aromatic nitrogens is 5. The van der Waals surface area contributed by atoms with Crippen LogP contribution < -0.4 is 5.32 Å². The lowest BCUT2D eigenvalue weighted by Crippen LogP contribution is -2.38. The third-order valence-electron chi connectivity index (χ3n) is 7.80. The van der Waals surface area contributed by atoms with Gasteiger partial charge in [0, 0.05) is 29.1 Å². The predicted molar refractivity (Wildman–Crippen MR) is 143 cm³/mol. The molecule has 1 N–H and O–H groups in total. The SMILES string of the molecule is CC(=O)C1CC(c2ccc(-c3cnc4ncc(C5(c6ccc7ncccc7c6)CC5)n4n3)cc2)=CCN1. The number of nitrogens with one attached hydrogen (secondary N) is 1. The van der Waals surface area contributed by atoms with Gasteiger partial charge in [0.15, 0.2) is 0 Å². The Kier molecular flexibility index (Phi) is 5.01. The molecule has 5 aromatic rings. The van der Waals surface area contributed by atoms with E-state index in [2.05, 4.69) is 74.9 Å². The van der Waals surface area contributed by atoms with E-state index in [0.717, 1.165) is 46.3 Å². The van der Waals surface area contributed by atoms with Crippen molar-refractivity contribution in [2.75, 3.05) is 6.54 Å². The third-order valence-corrected chi connectivity index (χ3v) is 7.80. The highest BCUT2D eigenvalue weighted by Gasteiger charge is 2.48. The molecule has 7 heteroatoms. The number of benzene rings is 2.